The molecule has 0 aliphatic heterocycles. The van der Waals surface area contributed by atoms with Crippen LogP contribution in [0.3, 0.4) is 0 Å². The van der Waals surface area contributed by atoms with Gasteiger partial charge in [-0.2, -0.15) is 0 Å². The summed E-state index contributed by atoms with van der Waals surface area (Å²) in [6.45, 7) is 0.319. The van der Waals surface area contributed by atoms with Gasteiger partial charge >= 0.3 is 0 Å². The molecule has 0 saturated carbocycles. The standard InChI is InChI=1S/C8H12N2OS/c9-4-7(10)6-2-1-5(12)3-8(6)11/h1-3,7,11-12H,4,9-10H2. The first kappa shape index (κ1) is 9.38. The van der Waals surface area contributed by atoms with Gasteiger partial charge in [0.1, 0.15) is 5.75 Å². The molecule has 3 nitrogen and oxygen atoms in total. The maximum Gasteiger partial charge on any atom is 0.121 e. The van der Waals surface area contributed by atoms with Crippen molar-refractivity contribution in [3.63, 3.8) is 0 Å². The van der Waals surface area contributed by atoms with E-state index in [9.17, 15) is 5.11 Å². The maximum atomic E-state index is 9.41. The summed E-state index contributed by atoms with van der Waals surface area (Å²) in [5, 5.41) is 9.41. The number of phenols is 1. The van der Waals surface area contributed by atoms with Crippen LogP contribution in [0.4, 0.5) is 0 Å². The van der Waals surface area contributed by atoms with Gasteiger partial charge in [-0.15, -0.1) is 12.6 Å². The van der Waals surface area contributed by atoms with Gasteiger partial charge in [-0.25, -0.2) is 0 Å². The number of hydrogen-bond donors (Lipinski definition) is 4. The molecule has 0 bridgehead atoms. The van der Waals surface area contributed by atoms with Gasteiger partial charge in [0.2, 0.25) is 0 Å². The van der Waals surface area contributed by atoms with Gasteiger partial charge in [0.25, 0.3) is 0 Å². The minimum absolute atomic E-state index is 0.153. The molecule has 0 fully saturated rings. The molecule has 0 heterocycles. The molecule has 12 heavy (non-hydrogen) atoms. The van der Waals surface area contributed by atoms with Crippen molar-refractivity contribution < 1.29 is 5.11 Å². The number of hydrogen-bond acceptors (Lipinski definition) is 4. The first-order valence-electron chi connectivity index (χ1n) is 3.62. The van der Waals surface area contributed by atoms with Crippen LogP contribution in [0.25, 0.3) is 0 Å². The molecule has 1 rings (SSSR count). The number of rotatable bonds is 2. The van der Waals surface area contributed by atoms with Crippen LogP contribution >= 0.6 is 12.6 Å². The number of phenolic OH excluding ortho intramolecular Hbond substituents is 1. The van der Waals surface area contributed by atoms with Crippen molar-refractivity contribution in [2.45, 2.75) is 10.9 Å². The zero-order valence-corrected chi connectivity index (χ0v) is 7.46. The van der Waals surface area contributed by atoms with E-state index >= 15 is 0 Å². The highest BCUT2D eigenvalue weighted by atomic mass is 32.1. The molecule has 1 aromatic carbocycles. The third kappa shape index (κ3) is 1.91. The second-order valence-electron chi connectivity index (χ2n) is 2.59. The van der Waals surface area contributed by atoms with Crippen LogP contribution in [0.5, 0.6) is 5.75 Å². The van der Waals surface area contributed by atoms with Gasteiger partial charge in [-0.05, 0) is 12.1 Å². The molecule has 66 valence electrons. The lowest BCUT2D eigenvalue weighted by Gasteiger charge is -2.10. The lowest BCUT2D eigenvalue weighted by atomic mass is 10.1. The Bertz CT molecular complexity index is 278. The van der Waals surface area contributed by atoms with E-state index in [1.54, 1.807) is 18.2 Å². The van der Waals surface area contributed by atoms with Crippen molar-refractivity contribution in [1.29, 1.82) is 0 Å². The normalized spacial score (nSPS) is 12.9. The Morgan fingerprint density at radius 3 is 2.67 bits per heavy atom. The largest absolute Gasteiger partial charge is 0.508 e. The predicted molar refractivity (Wildman–Crippen MR) is 51.3 cm³/mol. The van der Waals surface area contributed by atoms with E-state index in [0.29, 0.717) is 17.0 Å². The molecule has 5 N–H and O–H groups in total. The fraction of sp³-hybridized carbons (Fsp3) is 0.250. The smallest absolute Gasteiger partial charge is 0.121 e. The van der Waals surface area contributed by atoms with E-state index in [0.717, 1.165) is 0 Å². The molecule has 0 amide bonds. The van der Waals surface area contributed by atoms with Crippen molar-refractivity contribution in [2.75, 3.05) is 6.54 Å². The molecular weight excluding hydrogens is 172 g/mol. The third-order valence-corrected chi connectivity index (χ3v) is 1.95. The summed E-state index contributed by atoms with van der Waals surface area (Å²) in [6.07, 6.45) is 0. The molecule has 0 aliphatic rings. The van der Waals surface area contributed by atoms with Crippen LogP contribution in [0.15, 0.2) is 23.1 Å². The summed E-state index contributed by atoms with van der Waals surface area (Å²) in [5.74, 6) is 0.153. The molecule has 0 saturated heterocycles. The molecule has 1 aromatic rings. The number of nitrogens with two attached hydrogens (primary N) is 2. The van der Waals surface area contributed by atoms with Crippen molar-refractivity contribution in [3.8, 4) is 5.75 Å². The maximum absolute atomic E-state index is 9.41. The van der Waals surface area contributed by atoms with Gasteiger partial charge in [-0.1, -0.05) is 6.07 Å². The number of aromatic hydroxyl groups is 1. The average molecular weight is 184 g/mol. The Hall–Kier alpha value is -0.710. The molecule has 0 radical (unpaired) electrons. The molecule has 0 aromatic heterocycles. The number of benzene rings is 1. The highest BCUT2D eigenvalue weighted by Gasteiger charge is 2.08. The second-order valence-corrected chi connectivity index (χ2v) is 3.10. The Kier molecular flexibility index (Phi) is 2.97. The number of thiol groups is 1. The Morgan fingerprint density at radius 2 is 2.17 bits per heavy atom. The Labute approximate surface area is 76.8 Å². The van der Waals surface area contributed by atoms with Gasteiger partial charge in [0.15, 0.2) is 0 Å². The zero-order chi connectivity index (χ0) is 9.14. The summed E-state index contributed by atoms with van der Waals surface area (Å²) < 4.78 is 0. The summed E-state index contributed by atoms with van der Waals surface area (Å²) >= 11 is 4.07. The predicted octanol–water partition coefficient (Wildman–Crippen LogP) is 0.639. The van der Waals surface area contributed by atoms with E-state index in [2.05, 4.69) is 12.6 Å². The molecule has 1 unspecified atom stereocenters. The van der Waals surface area contributed by atoms with Crippen molar-refractivity contribution in [1.82, 2.24) is 0 Å². The first-order chi connectivity index (χ1) is 5.65. The zero-order valence-electron chi connectivity index (χ0n) is 6.57. The van der Waals surface area contributed by atoms with E-state index in [1.807, 2.05) is 0 Å². The van der Waals surface area contributed by atoms with Crippen molar-refractivity contribution in [3.05, 3.63) is 23.8 Å². The molecule has 0 spiro atoms. The lowest BCUT2D eigenvalue weighted by molar-refractivity contribution is 0.460. The average Bonchev–Trinajstić information content (AvgIpc) is 2.03. The van der Waals surface area contributed by atoms with Crippen molar-refractivity contribution in [2.24, 2.45) is 11.5 Å². The highest BCUT2D eigenvalue weighted by Crippen LogP contribution is 2.24. The molecular formula is C8H12N2OS. The van der Waals surface area contributed by atoms with E-state index in [-0.39, 0.29) is 11.8 Å². The van der Waals surface area contributed by atoms with Crippen LogP contribution in [0.1, 0.15) is 11.6 Å². The molecule has 1 atom stereocenters. The minimum atomic E-state index is -0.307. The van der Waals surface area contributed by atoms with Crippen LogP contribution in [-0.4, -0.2) is 11.7 Å². The Morgan fingerprint density at radius 1 is 1.50 bits per heavy atom. The van der Waals surface area contributed by atoms with Crippen LogP contribution in [-0.2, 0) is 0 Å². The summed E-state index contributed by atoms with van der Waals surface area (Å²) in [4.78, 5) is 0.709. The van der Waals surface area contributed by atoms with Gasteiger partial charge in [-0.3, -0.25) is 0 Å². The van der Waals surface area contributed by atoms with Crippen LogP contribution in [0.2, 0.25) is 0 Å². The molecule has 4 heteroatoms. The third-order valence-electron chi connectivity index (χ3n) is 1.67. The van der Waals surface area contributed by atoms with Crippen LogP contribution in [0, 0.1) is 0 Å². The van der Waals surface area contributed by atoms with Gasteiger partial charge in [0, 0.05) is 23.0 Å². The summed E-state index contributed by atoms with van der Waals surface area (Å²) in [7, 11) is 0. The first-order valence-corrected chi connectivity index (χ1v) is 4.07. The SMILES string of the molecule is NCC(N)c1ccc(S)cc1O. The van der Waals surface area contributed by atoms with E-state index in [1.165, 1.54) is 0 Å². The van der Waals surface area contributed by atoms with Crippen LogP contribution < -0.4 is 11.5 Å². The topological polar surface area (TPSA) is 72.3 Å². The summed E-state index contributed by atoms with van der Waals surface area (Å²) in [6, 6.07) is 4.75. The summed E-state index contributed by atoms with van der Waals surface area (Å²) in [5.41, 5.74) is 11.7. The Balaban J connectivity index is 3.01. The monoisotopic (exact) mass is 184 g/mol. The lowest BCUT2D eigenvalue weighted by Crippen LogP contribution is -2.20. The van der Waals surface area contributed by atoms with E-state index in [4.69, 9.17) is 11.5 Å². The van der Waals surface area contributed by atoms with Gasteiger partial charge < -0.3 is 16.6 Å². The van der Waals surface area contributed by atoms with E-state index < -0.39 is 0 Å². The highest BCUT2D eigenvalue weighted by molar-refractivity contribution is 7.80. The minimum Gasteiger partial charge on any atom is -0.508 e. The fourth-order valence-corrected chi connectivity index (χ4v) is 1.17. The second kappa shape index (κ2) is 3.80. The quantitative estimate of drug-likeness (QED) is 0.510. The molecule has 0 aliphatic carbocycles. The fourth-order valence-electron chi connectivity index (χ4n) is 0.973. The van der Waals surface area contributed by atoms with Crippen molar-refractivity contribution >= 4 is 12.6 Å². The van der Waals surface area contributed by atoms with Gasteiger partial charge in [0.05, 0.1) is 0 Å².